The van der Waals surface area contributed by atoms with Crippen molar-refractivity contribution in [2.45, 2.75) is 37.3 Å². The first-order valence-electron chi connectivity index (χ1n) is 8.04. The number of carboxylic acids is 1. The van der Waals surface area contributed by atoms with E-state index in [9.17, 15) is 19.2 Å². The van der Waals surface area contributed by atoms with Crippen LogP contribution in [-0.2, 0) is 38.1 Å². The highest BCUT2D eigenvalue weighted by atomic mass is 32.2. The van der Waals surface area contributed by atoms with Gasteiger partial charge in [-0.3, -0.25) is 9.59 Å². The molecule has 0 spiro atoms. The van der Waals surface area contributed by atoms with Crippen molar-refractivity contribution in [3.63, 3.8) is 0 Å². The molecule has 0 amide bonds. The lowest BCUT2D eigenvalue weighted by molar-refractivity contribution is -0.156. The molecule has 0 aliphatic carbocycles. The van der Waals surface area contributed by atoms with Gasteiger partial charge in [0, 0.05) is 17.6 Å². The minimum atomic E-state index is -1.08. The van der Waals surface area contributed by atoms with Crippen LogP contribution in [0.3, 0.4) is 0 Å². The molecule has 2 fully saturated rings. The first-order valence-corrected chi connectivity index (χ1v) is 9.19. The van der Waals surface area contributed by atoms with E-state index in [-0.39, 0.29) is 26.1 Å². The van der Waals surface area contributed by atoms with Gasteiger partial charge in [0.2, 0.25) is 0 Å². The minimum absolute atomic E-state index is 0.0976. The Kier molecular flexibility index (Phi) is 8.07. The van der Waals surface area contributed by atoms with Crippen molar-refractivity contribution < 1.29 is 43.2 Å². The minimum Gasteiger partial charge on any atom is -0.481 e. The molecule has 2 aliphatic heterocycles. The van der Waals surface area contributed by atoms with Gasteiger partial charge in [-0.15, -0.1) is 0 Å². The van der Waals surface area contributed by atoms with Crippen LogP contribution < -0.4 is 0 Å². The molecule has 0 bridgehead atoms. The van der Waals surface area contributed by atoms with Crippen LogP contribution in [0.4, 0.5) is 0 Å². The molecule has 0 aromatic carbocycles. The number of rotatable bonds is 10. The molecule has 10 heteroatoms. The van der Waals surface area contributed by atoms with Crippen molar-refractivity contribution in [2.75, 3.05) is 24.7 Å². The van der Waals surface area contributed by atoms with Gasteiger partial charge in [0.15, 0.2) is 12.2 Å². The molecule has 2 heterocycles. The zero-order valence-electron chi connectivity index (χ0n) is 13.9. The number of aldehydes is 1. The van der Waals surface area contributed by atoms with Gasteiger partial charge in [-0.1, -0.05) is 6.08 Å². The average Bonchev–Trinajstić information content (AvgIpc) is 3.17. The van der Waals surface area contributed by atoms with Crippen molar-refractivity contribution in [1.29, 1.82) is 0 Å². The fourth-order valence-corrected chi connectivity index (χ4v) is 3.05. The van der Waals surface area contributed by atoms with Gasteiger partial charge < -0.3 is 28.8 Å². The molecular formula is C16H20O9S. The molecule has 9 nitrogen and oxygen atoms in total. The van der Waals surface area contributed by atoms with E-state index in [0.717, 1.165) is 6.29 Å². The van der Waals surface area contributed by atoms with Gasteiger partial charge in [-0.25, -0.2) is 4.79 Å². The van der Waals surface area contributed by atoms with Crippen LogP contribution in [0, 0.1) is 0 Å². The molecule has 0 radical (unpaired) electrons. The Morgan fingerprint density at radius 3 is 2.31 bits per heavy atom. The summed E-state index contributed by atoms with van der Waals surface area (Å²) in [5, 5.41) is 8.57. The van der Waals surface area contributed by atoms with Crippen molar-refractivity contribution in [2.24, 2.45) is 0 Å². The fraction of sp³-hybridized carbons (Fsp3) is 0.625. The number of hydrogen-bond acceptors (Lipinski definition) is 9. The van der Waals surface area contributed by atoms with E-state index in [1.54, 1.807) is 6.08 Å². The smallest absolute Gasteiger partial charge is 0.330 e. The summed E-state index contributed by atoms with van der Waals surface area (Å²) in [6.45, 7) is 0.221. The van der Waals surface area contributed by atoms with E-state index in [1.165, 1.54) is 17.8 Å². The number of hydrogen-bond donors (Lipinski definition) is 1. The first kappa shape index (κ1) is 20.4. The van der Waals surface area contributed by atoms with Crippen molar-refractivity contribution in [3.8, 4) is 0 Å². The third-order valence-electron chi connectivity index (χ3n) is 3.71. The van der Waals surface area contributed by atoms with E-state index in [2.05, 4.69) is 0 Å². The number of carbonyl (C=O) groups is 4. The maximum Gasteiger partial charge on any atom is 0.330 e. The zero-order valence-corrected chi connectivity index (χ0v) is 14.7. The number of ether oxygens (including phenoxy) is 4. The second kappa shape index (κ2) is 10.3. The van der Waals surface area contributed by atoms with Crippen LogP contribution >= 0.6 is 11.8 Å². The second-order valence-corrected chi connectivity index (χ2v) is 6.67. The lowest BCUT2D eigenvalue weighted by Gasteiger charge is -2.16. The van der Waals surface area contributed by atoms with Gasteiger partial charge in [0.1, 0.15) is 18.5 Å². The van der Waals surface area contributed by atoms with Gasteiger partial charge in [0.25, 0.3) is 0 Å². The molecular weight excluding hydrogens is 368 g/mol. The molecule has 4 atom stereocenters. The van der Waals surface area contributed by atoms with E-state index < -0.39 is 42.3 Å². The summed E-state index contributed by atoms with van der Waals surface area (Å²) >= 11 is 1.37. The van der Waals surface area contributed by atoms with Crippen LogP contribution in [-0.4, -0.2) is 78.4 Å². The Labute approximate surface area is 154 Å². The van der Waals surface area contributed by atoms with Crippen LogP contribution in [0.5, 0.6) is 0 Å². The third-order valence-corrected chi connectivity index (χ3v) is 4.51. The number of carbonyl (C=O) groups excluding carboxylic acids is 3. The predicted molar refractivity (Wildman–Crippen MR) is 88.6 cm³/mol. The zero-order chi connectivity index (χ0) is 18.9. The maximum absolute atomic E-state index is 11.8. The summed E-state index contributed by atoms with van der Waals surface area (Å²) < 4.78 is 21.5. The number of esters is 2. The monoisotopic (exact) mass is 388 g/mol. The second-order valence-electron chi connectivity index (χ2n) is 5.60. The summed E-state index contributed by atoms with van der Waals surface area (Å²) in [6.07, 6.45) is 0.795. The summed E-state index contributed by atoms with van der Waals surface area (Å²) in [5.41, 5.74) is 0. The van der Waals surface area contributed by atoms with Crippen LogP contribution in [0.1, 0.15) is 12.8 Å². The lowest BCUT2D eigenvalue weighted by atomic mass is 10.1. The summed E-state index contributed by atoms with van der Waals surface area (Å²) in [4.78, 5) is 44.1. The molecule has 1 N–H and O–H groups in total. The molecule has 0 unspecified atom stereocenters. The Morgan fingerprint density at radius 1 is 1.04 bits per heavy atom. The van der Waals surface area contributed by atoms with Crippen molar-refractivity contribution in [3.05, 3.63) is 12.2 Å². The van der Waals surface area contributed by atoms with E-state index in [0.29, 0.717) is 11.5 Å². The third kappa shape index (κ3) is 6.11. The maximum atomic E-state index is 11.8. The van der Waals surface area contributed by atoms with Crippen LogP contribution in [0.15, 0.2) is 12.2 Å². The van der Waals surface area contributed by atoms with E-state index in [4.69, 9.17) is 24.1 Å². The Balaban J connectivity index is 1.75. The van der Waals surface area contributed by atoms with Crippen molar-refractivity contribution >= 4 is 36.0 Å². The lowest BCUT2D eigenvalue weighted by Crippen LogP contribution is -2.35. The topological polar surface area (TPSA) is 125 Å². The average molecular weight is 388 g/mol. The van der Waals surface area contributed by atoms with Gasteiger partial charge in [-0.2, -0.15) is 11.8 Å². The molecule has 2 aliphatic rings. The van der Waals surface area contributed by atoms with Crippen LogP contribution in [0.25, 0.3) is 0 Å². The molecule has 0 aromatic rings. The number of thioether (sulfide) groups is 1. The highest BCUT2D eigenvalue weighted by Gasteiger charge is 2.51. The van der Waals surface area contributed by atoms with Gasteiger partial charge in [0.05, 0.1) is 26.1 Å². The quantitative estimate of drug-likeness (QED) is 0.236. The molecule has 0 saturated carbocycles. The Hall–Kier alpha value is -1.91. The Bertz CT molecular complexity index is 562. The molecule has 2 saturated heterocycles. The Morgan fingerprint density at radius 2 is 1.69 bits per heavy atom. The number of carboxylic acid groups (broad SMARTS) is 1. The van der Waals surface area contributed by atoms with Crippen LogP contribution in [0.2, 0.25) is 0 Å². The molecule has 144 valence electrons. The normalized spacial score (nSPS) is 27.2. The van der Waals surface area contributed by atoms with Gasteiger partial charge in [-0.05, 0) is 0 Å². The SMILES string of the molecule is O=CCSC/C=C\C(=O)O[C@@H]1CO[C@H]2[C@@H]1OC[C@H]2OC(=O)CCC(=O)O. The number of aliphatic carboxylic acids is 1. The molecule has 2 rings (SSSR count). The predicted octanol–water partition coefficient (Wildman–Crippen LogP) is -0.0393. The highest BCUT2D eigenvalue weighted by Crippen LogP contribution is 2.30. The van der Waals surface area contributed by atoms with E-state index >= 15 is 0 Å². The van der Waals surface area contributed by atoms with E-state index in [1.807, 2.05) is 0 Å². The summed E-state index contributed by atoms with van der Waals surface area (Å²) in [6, 6.07) is 0. The number of fused-ring (bicyclic) bond motifs is 1. The largest absolute Gasteiger partial charge is 0.481 e. The first-order chi connectivity index (χ1) is 12.5. The summed E-state index contributed by atoms with van der Waals surface area (Å²) in [5.74, 6) is -1.38. The highest BCUT2D eigenvalue weighted by molar-refractivity contribution is 8.00. The van der Waals surface area contributed by atoms with Gasteiger partial charge >= 0.3 is 17.9 Å². The molecule has 26 heavy (non-hydrogen) atoms. The fourth-order valence-electron chi connectivity index (χ4n) is 2.58. The van der Waals surface area contributed by atoms with Crippen molar-refractivity contribution in [1.82, 2.24) is 0 Å². The standard InChI is InChI=1S/C16H20O9S/c17-5-7-26-6-1-2-13(20)24-10-8-22-16-11(9-23-15(10)16)25-14(21)4-3-12(18)19/h1-2,5,10-11,15-16H,3-4,6-9H2,(H,18,19)/b2-1-/t10-,11-,15-,16-/m1/s1. The molecule has 0 aromatic heterocycles. The summed E-state index contributed by atoms with van der Waals surface area (Å²) in [7, 11) is 0.